The summed E-state index contributed by atoms with van der Waals surface area (Å²) in [4.78, 5) is 41.0. The average Bonchev–Trinajstić information content (AvgIpc) is 3.51. The lowest BCUT2D eigenvalue weighted by Crippen LogP contribution is -2.34. The standard InChI is InChI=1S/C29H30N4O3/c34-27(24-11-6-16-33(29(24)36)19-21-7-2-1-3-8-21)31-15-4-9-20-12-13-23-25(18-22-10-5-14-30-22)28(35)32-26(23)17-20/h4-6,9-14,16-18,21,30H,1-3,7-8,15,19H2,(H,31,34)(H,32,35). The molecule has 1 fully saturated rings. The molecule has 1 aromatic carbocycles. The third-order valence-corrected chi connectivity index (χ3v) is 6.88. The van der Waals surface area contributed by atoms with E-state index in [9.17, 15) is 14.4 Å². The van der Waals surface area contributed by atoms with Crippen LogP contribution >= 0.6 is 0 Å². The van der Waals surface area contributed by atoms with E-state index in [4.69, 9.17) is 0 Å². The van der Waals surface area contributed by atoms with Gasteiger partial charge in [0.15, 0.2) is 0 Å². The number of carbonyl (C=O) groups excluding carboxylic acids is 2. The Labute approximate surface area is 209 Å². The second kappa shape index (κ2) is 10.6. The number of aromatic nitrogens is 2. The van der Waals surface area contributed by atoms with Crippen molar-refractivity contribution in [1.29, 1.82) is 0 Å². The van der Waals surface area contributed by atoms with Crippen LogP contribution in [0, 0.1) is 5.92 Å². The first-order chi connectivity index (χ1) is 17.6. The Kier molecular flexibility index (Phi) is 6.98. The summed E-state index contributed by atoms with van der Waals surface area (Å²) in [6, 6.07) is 12.9. The van der Waals surface area contributed by atoms with Crippen LogP contribution in [0.3, 0.4) is 0 Å². The fourth-order valence-electron chi connectivity index (χ4n) is 4.99. The molecule has 1 aliphatic heterocycles. The van der Waals surface area contributed by atoms with E-state index < -0.39 is 0 Å². The third-order valence-electron chi connectivity index (χ3n) is 6.88. The molecule has 36 heavy (non-hydrogen) atoms. The molecule has 1 aliphatic carbocycles. The Morgan fingerprint density at radius 1 is 1.08 bits per heavy atom. The predicted octanol–water partition coefficient (Wildman–Crippen LogP) is 4.69. The first kappa shape index (κ1) is 23.6. The summed E-state index contributed by atoms with van der Waals surface area (Å²) >= 11 is 0. The third kappa shape index (κ3) is 5.25. The van der Waals surface area contributed by atoms with E-state index in [1.807, 2.05) is 54.8 Å². The number of carbonyl (C=O) groups is 2. The molecule has 1 saturated carbocycles. The number of pyridine rings is 1. The maximum atomic E-state index is 12.8. The zero-order chi connectivity index (χ0) is 24.9. The maximum Gasteiger partial charge on any atom is 0.263 e. The van der Waals surface area contributed by atoms with Crippen molar-refractivity contribution < 1.29 is 9.59 Å². The molecule has 7 nitrogen and oxygen atoms in total. The van der Waals surface area contributed by atoms with Gasteiger partial charge in [0.05, 0.1) is 5.57 Å². The highest BCUT2D eigenvalue weighted by Gasteiger charge is 2.24. The number of benzene rings is 1. The van der Waals surface area contributed by atoms with Gasteiger partial charge in [-0.25, -0.2) is 0 Å². The fraction of sp³-hybridized carbons (Fsp3) is 0.276. The van der Waals surface area contributed by atoms with Crippen LogP contribution in [0.15, 0.2) is 65.7 Å². The topological polar surface area (TPSA) is 96.0 Å². The van der Waals surface area contributed by atoms with Crippen molar-refractivity contribution in [3.05, 3.63) is 93.7 Å². The number of rotatable bonds is 7. The van der Waals surface area contributed by atoms with E-state index >= 15 is 0 Å². The van der Waals surface area contributed by atoms with Crippen molar-refractivity contribution in [1.82, 2.24) is 14.9 Å². The summed E-state index contributed by atoms with van der Waals surface area (Å²) in [6.45, 7) is 0.966. The molecule has 0 unspecified atom stereocenters. The van der Waals surface area contributed by atoms with Gasteiger partial charge < -0.3 is 20.2 Å². The van der Waals surface area contributed by atoms with Gasteiger partial charge in [-0.3, -0.25) is 14.4 Å². The summed E-state index contributed by atoms with van der Waals surface area (Å²) in [6.07, 6.45) is 15.1. The van der Waals surface area contributed by atoms with Gasteiger partial charge in [0.2, 0.25) is 0 Å². The summed E-state index contributed by atoms with van der Waals surface area (Å²) < 4.78 is 1.68. The summed E-state index contributed by atoms with van der Waals surface area (Å²) in [5, 5.41) is 5.72. The molecule has 0 saturated heterocycles. The van der Waals surface area contributed by atoms with Gasteiger partial charge >= 0.3 is 0 Å². The number of H-pyrrole nitrogens is 1. The van der Waals surface area contributed by atoms with Crippen LogP contribution in [0.4, 0.5) is 5.69 Å². The van der Waals surface area contributed by atoms with Gasteiger partial charge in [-0.15, -0.1) is 0 Å². The minimum Gasteiger partial charge on any atom is -0.362 e. The highest BCUT2D eigenvalue weighted by molar-refractivity contribution is 6.34. The Morgan fingerprint density at radius 2 is 1.94 bits per heavy atom. The van der Waals surface area contributed by atoms with E-state index in [1.54, 1.807) is 22.9 Å². The van der Waals surface area contributed by atoms with Crippen molar-refractivity contribution in [2.75, 3.05) is 11.9 Å². The van der Waals surface area contributed by atoms with Crippen LogP contribution in [0.1, 0.15) is 59.3 Å². The van der Waals surface area contributed by atoms with Gasteiger partial charge in [0, 0.05) is 42.4 Å². The Balaban J connectivity index is 1.20. The number of nitrogens with zero attached hydrogens (tertiary/aromatic N) is 1. The number of nitrogens with one attached hydrogen (secondary N) is 3. The fourth-order valence-corrected chi connectivity index (χ4v) is 4.99. The van der Waals surface area contributed by atoms with Gasteiger partial charge in [0.25, 0.3) is 17.4 Å². The lowest BCUT2D eigenvalue weighted by Gasteiger charge is -2.22. The maximum absolute atomic E-state index is 12.8. The predicted molar refractivity (Wildman–Crippen MR) is 142 cm³/mol. The molecule has 0 radical (unpaired) electrons. The lowest BCUT2D eigenvalue weighted by atomic mass is 9.89. The normalized spacial score (nSPS) is 16.9. The first-order valence-corrected chi connectivity index (χ1v) is 12.5. The highest BCUT2D eigenvalue weighted by Crippen LogP contribution is 2.34. The molecule has 0 atom stereocenters. The SMILES string of the molecule is O=C1Nc2cc(C=CCNC(=O)c3cccn(CC4CCCCC4)c3=O)ccc2C1=Cc1ccc[nH]1. The van der Waals surface area contributed by atoms with Gasteiger partial charge in [0.1, 0.15) is 5.56 Å². The molecule has 2 amide bonds. The Morgan fingerprint density at radius 3 is 2.75 bits per heavy atom. The summed E-state index contributed by atoms with van der Waals surface area (Å²) in [5.41, 5.74) is 3.93. The van der Waals surface area contributed by atoms with Crippen LogP contribution < -0.4 is 16.2 Å². The van der Waals surface area contributed by atoms with Crippen molar-refractivity contribution in [3.8, 4) is 0 Å². The average molecular weight is 483 g/mol. The minimum atomic E-state index is -0.372. The summed E-state index contributed by atoms with van der Waals surface area (Å²) in [7, 11) is 0. The van der Waals surface area contributed by atoms with Crippen LogP contribution in [-0.4, -0.2) is 27.9 Å². The quantitative estimate of drug-likeness (QED) is 0.426. The summed E-state index contributed by atoms with van der Waals surface area (Å²) in [5.74, 6) is 0.00259. The lowest BCUT2D eigenvalue weighted by molar-refractivity contribution is -0.110. The highest BCUT2D eigenvalue weighted by atomic mass is 16.2. The van der Waals surface area contributed by atoms with E-state index in [0.29, 0.717) is 18.0 Å². The zero-order valence-electron chi connectivity index (χ0n) is 20.1. The second-order valence-corrected chi connectivity index (χ2v) is 9.44. The number of hydrogen-bond donors (Lipinski definition) is 3. The number of aromatic amines is 1. The molecule has 3 N–H and O–H groups in total. The van der Waals surface area contributed by atoms with Crippen LogP contribution in [0.2, 0.25) is 0 Å². The number of amides is 2. The van der Waals surface area contributed by atoms with Gasteiger partial charge in [-0.1, -0.05) is 43.5 Å². The van der Waals surface area contributed by atoms with Crippen molar-refractivity contribution in [2.24, 2.45) is 5.92 Å². The smallest absolute Gasteiger partial charge is 0.263 e. The zero-order valence-corrected chi connectivity index (χ0v) is 20.1. The van der Waals surface area contributed by atoms with Gasteiger partial charge in [-0.05, 0) is 60.7 Å². The van der Waals surface area contributed by atoms with E-state index in [1.165, 1.54) is 19.3 Å². The Hall–Kier alpha value is -4.13. The van der Waals surface area contributed by atoms with Crippen LogP contribution in [0.5, 0.6) is 0 Å². The largest absolute Gasteiger partial charge is 0.362 e. The first-order valence-electron chi connectivity index (χ1n) is 12.5. The molecule has 2 aromatic heterocycles. The molecule has 2 aliphatic rings. The molecule has 3 aromatic rings. The van der Waals surface area contributed by atoms with Gasteiger partial charge in [-0.2, -0.15) is 0 Å². The molecule has 5 rings (SSSR count). The molecule has 0 bridgehead atoms. The number of hydrogen-bond acceptors (Lipinski definition) is 3. The Bertz CT molecular complexity index is 1380. The monoisotopic (exact) mass is 482 g/mol. The molecule has 184 valence electrons. The van der Waals surface area contributed by atoms with Crippen molar-refractivity contribution in [2.45, 2.75) is 38.6 Å². The van der Waals surface area contributed by atoms with Crippen LogP contribution in [-0.2, 0) is 11.3 Å². The molecule has 7 heteroatoms. The molecule has 0 spiro atoms. The van der Waals surface area contributed by atoms with E-state index in [0.717, 1.165) is 35.3 Å². The van der Waals surface area contributed by atoms with E-state index in [-0.39, 0.29) is 29.5 Å². The molecule has 3 heterocycles. The number of anilines is 1. The minimum absolute atomic E-state index is 0.134. The second-order valence-electron chi connectivity index (χ2n) is 9.44. The van der Waals surface area contributed by atoms with E-state index in [2.05, 4.69) is 15.6 Å². The molecular formula is C29H30N4O3. The van der Waals surface area contributed by atoms with Crippen molar-refractivity contribution in [3.63, 3.8) is 0 Å². The molecular weight excluding hydrogens is 452 g/mol. The number of fused-ring (bicyclic) bond motifs is 1. The van der Waals surface area contributed by atoms with Crippen molar-refractivity contribution >= 4 is 35.2 Å². The van der Waals surface area contributed by atoms with Crippen LogP contribution in [0.25, 0.3) is 17.7 Å².